The maximum absolute atomic E-state index is 3.57. The Labute approximate surface area is 78.9 Å². The Hall–Kier alpha value is 0.480. The quantitative estimate of drug-likeness (QED) is 0.630. The minimum absolute atomic E-state index is 0.502. The second-order valence-electron chi connectivity index (χ2n) is 4.82. The SMILES string of the molecule is CC(CC(C)(C)CBr)C1CC1. The predicted octanol–water partition coefficient (Wildman–Crippen LogP) is 3.84. The fourth-order valence-corrected chi connectivity index (χ4v) is 1.99. The molecule has 1 heteroatoms. The molecule has 1 aliphatic rings. The van der Waals surface area contributed by atoms with Gasteiger partial charge in [-0.2, -0.15) is 0 Å². The zero-order chi connectivity index (χ0) is 8.48. The standard InChI is InChI=1S/C10H19Br/c1-8(9-4-5-9)6-10(2,3)7-11/h8-9H,4-7H2,1-3H3. The topological polar surface area (TPSA) is 0 Å². The molecule has 0 aromatic carbocycles. The number of hydrogen-bond donors (Lipinski definition) is 0. The monoisotopic (exact) mass is 218 g/mol. The van der Waals surface area contributed by atoms with Crippen molar-refractivity contribution >= 4 is 15.9 Å². The van der Waals surface area contributed by atoms with Gasteiger partial charge in [-0.15, -0.1) is 0 Å². The van der Waals surface area contributed by atoms with Crippen molar-refractivity contribution in [2.24, 2.45) is 17.3 Å². The van der Waals surface area contributed by atoms with Gasteiger partial charge in [0, 0.05) is 5.33 Å². The fourth-order valence-electron chi connectivity index (χ4n) is 1.76. The number of rotatable bonds is 4. The summed E-state index contributed by atoms with van der Waals surface area (Å²) in [6, 6.07) is 0. The van der Waals surface area contributed by atoms with E-state index in [1.807, 2.05) is 0 Å². The van der Waals surface area contributed by atoms with Crippen molar-refractivity contribution in [2.75, 3.05) is 5.33 Å². The Bertz CT molecular complexity index is 125. The van der Waals surface area contributed by atoms with E-state index < -0.39 is 0 Å². The van der Waals surface area contributed by atoms with Crippen molar-refractivity contribution in [2.45, 2.75) is 40.0 Å². The molecule has 0 bridgehead atoms. The third kappa shape index (κ3) is 3.14. The Morgan fingerprint density at radius 3 is 2.36 bits per heavy atom. The van der Waals surface area contributed by atoms with Crippen LogP contribution in [0.3, 0.4) is 0 Å². The van der Waals surface area contributed by atoms with Crippen LogP contribution in [-0.2, 0) is 0 Å². The van der Waals surface area contributed by atoms with E-state index in [1.165, 1.54) is 19.3 Å². The van der Waals surface area contributed by atoms with Crippen LogP contribution in [0, 0.1) is 17.3 Å². The van der Waals surface area contributed by atoms with E-state index in [-0.39, 0.29) is 0 Å². The van der Waals surface area contributed by atoms with Gasteiger partial charge in [-0.05, 0) is 36.5 Å². The van der Waals surface area contributed by atoms with E-state index in [0.717, 1.165) is 17.2 Å². The van der Waals surface area contributed by atoms with Crippen molar-refractivity contribution < 1.29 is 0 Å². The van der Waals surface area contributed by atoms with Crippen molar-refractivity contribution in [3.05, 3.63) is 0 Å². The molecule has 0 nitrogen and oxygen atoms in total. The molecule has 66 valence electrons. The van der Waals surface area contributed by atoms with Gasteiger partial charge in [-0.25, -0.2) is 0 Å². The van der Waals surface area contributed by atoms with E-state index in [9.17, 15) is 0 Å². The Kier molecular flexibility index (Phi) is 3.02. The van der Waals surface area contributed by atoms with Gasteiger partial charge in [-0.3, -0.25) is 0 Å². The van der Waals surface area contributed by atoms with Gasteiger partial charge >= 0.3 is 0 Å². The molecule has 1 atom stereocenters. The van der Waals surface area contributed by atoms with Gasteiger partial charge < -0.3 is 0 Å². The lowest BCUT2D eigenvalue weighted by molar-refractivity contribution is 0.295. The first-order valence-corrected chi connectivity index (χ1v) is 5.73. The van der Waals surface area contributed by atoms with E-state index in [0.29, 0.717) is 5.41 Å². The van der Waals surface area contributed by atoms with E-state index in [4.69, 9.17) is 0 Å². The second kappa shape index (κ2) is 3.47. The first-order chi connectivity index (χ1) is 5.05. The predicted molar refractivity (Wildman–Crippen MR) is 54.1 cm³/mol. The average molecular weight is 219 g/mol. The third-order valence-corrected chi connectivity index (χ3v) is 4.18. The van der Waals surface area contributed by atoms with Gasteiger partial charge in [-0.1, -0.05) is 36.7 Å². The molecule has 0 aliphatic heterocycles. The van der Waals surface area contributed by atoms with Crippen LogP contribution in [0.2, 0.25) is 0 Å². The molecule has 0 heterocycles. The molecule has 0 amide bonds. The average Bonchev–Trinajstić information content (AvgIpc) is 2.67. The van der Waals surface area contributed by atoms with Crippen LogP contribution < -0.4 is 0 Å². The van der Waals surface area contributed by atoms with Gasteiger partial charge in [0.25, 0.3) is 0 Å². The summed E-state index contributed by atoms with van der Waals surface area (Å²) in [7, 11) is 0. The summed E-state index contributed by atoms with van der Waals surface area (Å²) in [6.07, 6.45) is 4.35. The van der Waals surface area contributed by atoms with Gasteiger partial charge in [0.05, 0.1) is 0 Å². The molecule has 0 N–H and O–H groups in total. The lowest BCUT2D eigenvalue weighted by atomic mass is 9.83. The van der Waals surface area contributed by atoms with E-state index >= 15 is 0 Å². The molecule has 1 aliphatic carbocycles. The van der Waals surface area contributed by atoms with Crippen molar-refractivity contribution in [3.8, 4) is 0 Å². The zero-order valence-corrected chi connectivity index (χ0v) is 9.45. The van der Waals surface area contributed by atoms with Crippen LogP contribution in [0.5, 0.6) is 0 Å². The highest BCUT2D eigenvalue weighted by Crippen LogP contribution is 2.42. The van der Waals surface area contributed by atoms with E-state index in [1.54, 1.807) is 0 Å². The molecular weight excluding hydrogens is 200 g/mol. The van der Waals surface area contributed by atoms with Crippen LogP contribution in [0.25, 0.3) is 0 Å². The number of hydrogen-bond acceptors (Lipinski definition) is 0. The second-order valence-corrected chi connectivity index (χ2v) is 5.38. The normalized spacial score (nSPS) is 21.8. The molecule has 0 aromatic heterocycles. The van der Waals surface area contributed by atoms with Crippen molar-refractivity contribution in [1.29, 1.82) is 0 Å². The Morgan fingerprint density at radius 1 is 1.45 bits per heavy atom. The van der Waals surface area contributed by atoms with Crippen LogP contribution in [0.15, 0.2) is 0 Å². The molecule has 1 saturated carbocycles. The maximum Gasteiger partial charge on any atom is 0.00827 e. The molecule has 0 saturated heterocycles. The van der Waals surface area contributed by atoms with Gasteiger partial charge in [0.2, 0.25) is 0 Å². The summed E-state index contributed by atoms with van der Waals surface area (Å²) in [4.78, 5) is 0. The Balaban J connectivity index is 2.27. The molecule has 1 rings (SSSR count). The first-order valence-electron chi connectivity index (χ1n) is 4.61. The Morgan fingerprint density at radius 2 is 2.00 bits per heavy atom. The molecule has 1 fully saturated rings. The van der Waals surface area contributed by atoms with Gasteiger partial charge in [0.15, 0.2) is 0 Å². The molecule has 11 heavy (non-hydrogen) atoms. The minimum Gasteiger partial charge on any atom is -0.0922 e. The fraction of sp³-hybridized carbons (Fsp3) is 1.00. The van der Waals surface area contributed by atoms with Gasteiger partial charge in [0.1, 0.15) is 0 Å². The summed E-state index contributed by atoms with van der Waals surface area (Å²) in [6.45, 7) is 7.10. The summed E-state index contributed by atoms with van der Waals surface area (Å²) in [5.41, 5.74) is 0.502. The summed E-state index contributed by atoms with van der Waals surface area (Å²) in [5, 5.41) is 1.14. The van der Waals surface area contributed by atoms with Crippen molar-refractivity contribution in [1.82, 2.24) is 0 Å². The van der Waals surface area contributed by atoms with Crippen LogP contribution >= 0.6 is 15.9 Å². The maximum atomic E-state index is 3.57. The largest absolute Gasteiger partial charge is 0.0922 e. The minimum atomic E-state index is 0.502. The zero-order valence-electron chi connectivity index (χ0n) is 7.86. The van der Waals surface area contributed by atoms with Crippen molar-refractivity contribution in [3.63, 3.8) is 0 Å². The molecule has 0 aromatic rings. The lowest BCUT2D eigenvalue weighted by Gasteiger charge is -2.25. The first kappa shape index (κ1) is 9.57. The van der Waals surface area contributed by atoms with Crippen LogP contribution in [0.1, 0.15) is 40.0 Å². The molecule has 0 spiro atoms. The molecular formula is C10H19Br. The summed E-state index contributed by atoms with van der Waals surface area (Å²) >= 11 is 3.57. The molecule has 1 unspecified atom stereocenters. The highest BCUT2D eigenvalue weighted by molar-refractivity contribution is 9.09. The summed E-state index contributed by atoms with van der Waals surface area (Å²) < 4.78 is 0. The highest BCUT2D eigenvalue weighted by atomic mass is 79.9. The van der Waals surface area contributed by atoms with Crippen LogP contribution in [-0.4, -0.2) is 5.33 Å². The van der Waals surface area contributed by atoms with E-state index in [2.05, 4.69) is 36.7 Å². The summed E-state index contributed by atoms with van der Waals surface area (Å²) in [5.74, 6) is 2.01. The smallest absolute Gasteiger partial charge is 0.00827 e. The number of halogens is 1. The molecule has 0 radical (unpaired) electrons. The van der Waals surface area contributed by atoms with Crippen LogP contribution in [0.4, 0.5) is 0 Å². The third-order valence-electron chi connectivity index (χ3n) is 2.66. The number of alkyl halides is 1. The lowest BCUT2D eigenvalue weighted by Crippen LogP contribution is -2.17. The highest BCUT2D eigenvalue weighted by Gasteiger charge is 2.31.